The Balaban J connectivity index is 2.28. The third-order valence-corrected chi connectivity index (χ3v) is 6.28. The van der Waals surface area contributed by atoms with Gasteiger partial charge in [-0.1, -0.05) is 17.7 Å². The van der Waals surface area contributed by atoms with E-state index in [0.29, 0.717) is 17.2 Å². The topological polar surface area (TPSA) is 94.2 Å². The highest BCUT2D eigenvalue weighted by atomic mass is 35.5. The number of rotatable bonds is 9. The molecule has 2 aromatic rings. The van der Waals surface area contributed by atoms with Crippen molar-refractivity contribution in [3.05, 3.63) is 47.0 Å². The van der Waals surface area contributed by atoms with Gasteiger partial charge in [0.2, 0.25) is 15.9 Å². The highest BCUT2D eigenvalue weighted by molar-refractivity contribution is 7.92. The summed E-state index contributed by atoms with van der Waals surface area (Å²) in [6.45, 7) is 3.30. The van der Waals surface area contributed by atoms with Gasteiger partial charge in [-0.25, -0.2) is 8.42 Å². The number of hydrogen-bond donors (Lipinski definition) is 1. The monoisotopic (exact) mass is 470 g/mol. The number of carbonyl (C=O) groups is 1. The van der Waals surface area contributed by atoms with E-state index in [0.717, 1.165) is 16.1 Å². The summed E-state index contributed by atoms with van der Waals surface area (Å²) in [5.74, 6) is 1.02. The molecule has 2 atom stereocenters. The average Bonchev–Trinajstić information content (AvgIpc) is 2.72. The third kappa shape index (κ3) is 5.74. The van der Waals surface area contributed by atoms with Crippen LogP contribution in [0, 0.1) is 0 Å². The molecule has 1 amide bonds. The lowest BCUT2D eigenvalue weighted by molar-refractivity contribution is -0.122. The van der Waals surface area contributed by atoms with Crippen molar-refractivity contribution in [3.8, 4) is 17.2 Å². The summed E-state index contributed by atoms with van der Waals surface area (Å²) >= 11 is 6.16. The lowest BCUT2D eigenvalue weighted by atomic mass is 10.1. The van der Waals surface area contributed by atoms with E-state index >= 15 is 0 Å². The van der Waals surface area contributed by atoms with Crippen LogP contribution < -0.4 is 23.8 Å². The van der Waals surface area contributed by atoms with Crippen LogP contribution in [0.1, 0.15) is 25.5 Å². The van der Waals surface area contributed by atoms with E-state index in [2.05, 4.69) is 5.32 Å². The molecule has 0 aliphatic rings. The Morgan fingerprint density at radius 2 is 1.55 bits per heavy atom. The van der Waals surface area contributed by atoms with Crippen LogP contribution in [-0.4, -0.2) is 48.0 Å². The summed E-state index contributed by atoms with van der Waals surface area (Å²) < 4.78 is 41.7. The molecule has 1 N–H and O–H groups in total. The van der Waals surface area contributed by atoms with Gasteiger partial charge in [-0.05, 0) is 49.7 Å². The summed E-state index contributed by atoms with van der Waals surface area (Å²) in [6.07, 6.45) is 1.03. The van der Waals surface area contributed by atoms with Crippen LogP contribution in [0.4, 0.5) is 5.69 Å². The second-order valence-corrected chi connectivity index (χ2v) is 9.16. The van der Waals surface area contributed by atoms with Gasteiger partial charge in [0, 0.05) is 0 Å². The predicted molar refractivity (Wildman–Crippen MR) is 121 cm³/mol. The lowest BCUT2D eigenvalue weighted by Crippen LogP contribution is -2.48. The molecule has 0 radical (unpaired) electrons. The Hall–Kier alpha value is -2.65. The minimum atomic E-state index is -3.78. The molecule has 2 rings (SSSR count). The van der Waals surface area contributed by atoms with Gasteiger partial charge in [-0.15, -0.1) is 0 Å². The summed E-state index contributed by atoms with van der Waals surface area (Å²) in [5.41, 5.74) is 1.03. The Morgan fingerprint density at radius 3 is 2.06 bits per heavy atom. The summed E-state index contributed by atoms with van der Waals surface area (Å²) in [7, 11) is 0.739. The first-order valence-corrected chi connectivity index (χ1v) is 11.6. The zero-order valence-corrected chi connectivity index (χ0v) is 19.9. The minimum absolute atomic E-state index is 0.236. The normalized spacial score (nSPS) is 13.1. The number of benzene rings is 2. The highest BCUT2D eigenvalue weighted by Crippen LogP contribution is 2.32. The molecule has 0 saturated carbocycles. The second kappa shape index (κ2) is 10.1. The van der Waals surface area contributed by atoms with E-state index in [1.54, 1.807) is 31.2 Å². The van der Waals surface area contributed by atoms with Crippen molar-refractivity contribution in [1.82, 2.24) is 5.32 Å². The molecule has 0 aromatic heterocycles. The molecule has 8 nitrogen and oxygen atoms in total. The highest BCUT2D eigenvalue weighted by Gasteiger charge is 2.30. The van der Waals surface area contributed by atoms with E-state index in [1.165, 1.54) is 40.4 Å². The Morgan fingerprint density at radius 1 is 0.968 bits per heavy atom. The zero-order chi connectivity index (χ0) is 23.3. The summed E-state index contributed by atoms with van der Waals surface area (Å²) in [5, 5.41) is 3.08. The van der Waals surface area contributed by atoms with Crippen LogP contribution >= 0.6 is 11.6 Å². The van der Waals surface area contributed by atoms with E-state index in [-0.39, 0.29) is 10.7 Å². The predicted octanol–water partition coefficient (Wildman–Crippen LogP) is 3.40. The van der Waals surface area contributed by atoms with Crippen molar-refractivity contribution in [2.75, 3.05) is 31.9 Å². The van der Waals surface area contributed by atoms with Gasteiger partial charge in [-0.2, -0.15) is 0 Å². The van der Waals surface area contributed by atoms with Gasteiger partial charge in [-0.3, -0.25) is 9.10 Å². The van der Waals surface area contributed by atoms with Gasteiger partial charge in [0.1, 0.15) is 11.8 Å². The summed E-state index contributed by atoms with van der Waals surface area (Å²) in [4.78, 5) is 12.9. The molecule has 170 valence electrons. The molecule has 0 aliphatic carbocycles. The van der Waals surface area contributed by atoms with Crippen LogP contribution in [0.15, 0.2) is 36.4 Å². The first kappa shape index (κ1) is 24.6. The molecule has 0 heterocycles. The SMILES string of the molecule is COc1ccc(N([C@@H](C)C(=O)N[C@H](C)c2ccc(OC)c(OC)c2)S(C)(=O)=O)cc1Cl. The van der Waals surface area contributed by atoms with Crippen molar-refractivity contribution in [2.24, 2.45) is 0 Å². The smallest absolute Gasteiger partial charge is 0.244 e. The molecular formula is C21H27ClN2O6S. The van der Waals surface area contributed by atoms with Gasteiger partial charge < -0.3 is 19.5 Å². The average molecular weight is 471 g/mol. The number of ether oxygens (including phenoxy) is 3. The third-order valence-electron chi connectivity index (χ3n) is 4.74. The number of methoxy groups -OCH3 is 3. The van der Waals surface area contributed by atoms with E-state index in [1.807, 2.05) is 0 Å². The summed E-state index contributed by atoms with van der Waals surface area (Å²) in [6, 6.07) is 8.39. The number of nitrogens with zero attached hydrogens (tertiary/aromatic N) is 1. The van der Waals surface area contributed by atoms with Crippen LogP contribution in [0.5, 0.6) is 17.2 Å². The van der Waals surface area contributed by atoms with Crippen molar-refractivity contribution >= 4 is 33.2 Å². The maximum atomic E-state index is 12.9. The molecule has 31 heavy (non-hydrogen) atoms. The molecule has 0 spiro atoms. The van der Waals surface area contributed by atoms with Crippen molar-refractivity contribution in [3.63, 3.8) is 0 Å². The molecule has 0 saturated heterocycles. The Bertz CT molecular complexity index is 1040. The van der Waals surface area contributed by atoms with Gasteiger partial charge in [0.05, 0.1) is 44.3 Å². The van der Waals surface area contributed by atoms with Crippen LogP contribution in [-0.2, 0) is 14.8 Å². The van der Waals surface area contributed by atoms with Crippen molar-refractivity contribution < 1.29 is 27.4 Å². The van der Waals surface area contributed by atoms with E-state index in [4.69, 9.17) is 25.8 Å². The Kier molecular flexibility index (Phi) is 8.02. The zero-order valence-electron chi connectivity index (χ0n) is 18.3. The Labute approximate surface area is 188 Å². The number of halogens is 1. The largest absolute Gasteiger partial charge is 0.495 e. The van der Waals surface area contributed by atoms with Crippen molar-refractivity contribution in [1.29, 1.82) is 0 Å². The fourth-order valence-electron chi connectivity index (χ4n) is 3.14. The lowest BCUT2D eigenvalue weighted by Gasteiger charge is -2.29. The maximum absolute atomic E-state index is 12.9. The number of sulfonamides is 1. The fraction of sp³-hybridized carbons (Fsp3) is 0.381. The standard InChI is InChI=1S/C21H27ClN2O6S/c1-13(15-7-9-19(29-4)20(11-15)30-5)23-21(25)14(2)24(31(6,26)27)16-8-10-18(28-3)17(22)12-16/h7-14H,1-6H3,(H,23,25)/t13-,14+/m1/s1. The number of nitrogens with one attached hydrogen (secondary N) is 1. The van der Waals surface area contributed by atoms with E-state index in [9.17, 15) is 13.2 Å². The number of anilines is 1. The number of amides is 1. The molecule has 2 aromatic carbocycles. The fourth-order valence-corrected chi connectivity index (χ4v) is 4.56. The van der Waals surface area contributed by atoms with E-state index < -0.39 is 28.0 Å². The van der Waals surface area contributed by atoms with Crippen molar-refractivity contribution in [2.45, 2.75) is 25.9 Å². The first-order valence-electron chi connectivity index (χ1n) is 9.38. The molecule has 10 heteroatoms. The molecule has 0 fully saturated rings. The first-order chi connectivity index (χ1) is 14.5. The minimum Gasteiger partial charge on any atom is -0.495 e. The van der Waals surface area contributed by atoms with Crippen LogP contribution in [0.2, 0.25) is 5.02 Å². The van der Waals surface area contributed by atoms with Crippen LogP contribution in [0.3, 0.4) is 0 Å². The van der Waals surface area contributed by atoms with Gasteiger partial charge in [0.15, 0.2) is 11.5 Å². The van der Waals surface area contributed by atoms with Gasteiger partial charge in [0.25, 0.3) is 0 Å². The number of hydrogen-bond acceptors (Lipinski definition) is 6. The molecule has 0 bridgehead atoms. The maximum Gasteiger partial charge on any atom is 0.244 e. The number of carbonyl (C=O) groups excluding carboxylic acids is 1. The van der Waals surface area contributed by atoms with Crippen LogP contribution in [0.25, 0.3) is 0 Å². The van der Waals surface area contributed by atoms with Gasteiger partial charge >= 0.3 is 0 Å². The molecule has 0 aliphatic heterocycles. The molecular weight excluding hydrogens is 444 g/mol. The second-order valence-electron chi connectivity index (χ2n) is 6.90. The molecule has 0 unspecified atom stereocenters. The quantitative estimate of drug-likeness (QED) is 0.603.